The smallest absolute Gasteiger partial charge is 0.348 e. The second-order valence-electron chi connectivity index (χ2n) is 5.74. The van der Waals surface area contributed by atoms with Crippen molar-refractivity contribution in [2.24, 2.45) is 0 Å². The predicted molar refractivity (Wildman–Crippen MR) is 104 cm³/mol. The fourth-order valence-electron chi connectivity index (χ4n) is 2.26. The van der Waals surface area contributed by atoms with Gasteiger partial charge in [0.05, 0.1) is 14.2 Å². The summed E-state index contributed by atoms with van der Waals surface area (Å²) < 4.78 is 15.1. The number of aryl methyl sites for hydroxylation is 1. The second kappa shape index (κ2) is 9.74. The highest BCUT2D eigenvalue weighted by Gasteiger charge is 2.12. The molecule has 0 fully saturated rings. The minimum absolute atomic E-state index is 0.157. The van der Waals surface area contributed by atoms with Crippen molar-refractivity contribution in [1.29, 1.82) is 5.26 Å². The van der Waals surface area contributed by atoms with Crippen LogP contribution in [0, 0.1) is 18.3 Å². The number of rotatable bonds is 6. The van der Waals surface area contributed by atoms with Crippen molar-refractivity contribution in [3.05, 3.63) is 70.8 Å². The molecule has 0 N–H and O–H groups in total. The van der Waals surface area contributed by atoms with Gasteiger partial charge in [0.25, 0.3) is 0 Å². The van der Waals surface area contributed by atoms with E-state index >= 15 is 0 Å². The van der Waals surface area contributed by atoms with Crippen LogP contribution in [0.2, 0.25) is 0 Å². The zero-order valence-corrected chi connectivity index (χ0v) is 15.8. The van der Waals surface area contributed by atoms with Crippen LogP contribution in [0.3, 0.4) is 0 Å². The maximum Gasteiger partial charge on any atom is 0.348 e. The SMILES string of the molecule is COC(=O)C(C#N)=Cc1ccc(OC(=O)C=Cc2ccc(C)cc2)c(OC)c1. The van der Waals surface area contributed by atoms with E-state index in [1.165, 1.54) is 32.4 Å². The fourth-order valence-corrected chi connectivity index (χ4v) is 2.26. The number of hydrogen-bond acceptors (Lipinski definition) is 6. The molecule has 0 atom stereocenters. The minimum Gasteiger partial charge on any atom is -0.493 e. The van der Waals surface area contributed by atoms with Gasteiger partial charge in [-0.2, -0.15) is 5.26 Å². The quantitative estimate of drug-likeness (QED) is 0.330. The molecular weight excluding hydrogens is 358 g/mol. The number of ether oxygens (including phenoxy) is 3. The number of carbonyl (C=O) groups excluding carboxylic acids is 2. The normalized spacial score (nSPS) is 11.0. The van der Waals surface area contributed by atoms with Crippen LogP contribution in [0.25, 0.3) is 12.2 Å². The standard InChI is InChI=1S/C22H19NO5/c1-15-4-6-16(7-5-15)9-11-21(24)28-19-10-8-17(13-20(19)26-2)12-18(14-23)22(25)27-3/h4-13H,1-3H3. The lowest BCUT2D eigenvalue weighted by Gasteiger charge is -2.09. The van der Waals surface area contributed by atoms with Gasteiger partial charge in [0.15, 0.2) is 11.5 Å². The molecule has 0 saturated heterocycles. The van der Waals surface area contributed by atoms with E-state index in [1.54, 1.807) is 24.3 Å². The van der Waals surface area contributed by atoms with Crippen molar-refractivity contribution in [1.82, 2.24) is 0 Å². The van der Waals surface area contributed by atoms with Crippen molar-refractivity contribution in [3.8, 4) is 17.6 Å². The zero-order chi connectivity index (χ0) is 20.5. The van der Waals surface area contributed by atoms with E-state index in [0.29, 0.717) is 5.56 Å². The lowest BCUT2D eigenvalue weighted by atomic mass is 10.1. The van der Waals surface area contributed by atoms with E-state index in [4.69, 9.17) is 14.7 Å². The van der Waals surface area contributed by atoms with Crippen molar-refractivity contribution >= 4 is 24.1 Å². The highest BCUT2D eigenvalue weighted by atomic mass is 16.6. The van der Waals surface area contributed by atoms with E-state index in [-0.39, 0.29) is 17.1 Å². The van der Waals surface area contributed by atoms with Crippen LogP contribution >= 0.6 is 0 Å². The molecule has 0 radical (unpaired) electrons. The Bertz CT molecular complexity index is 965. The Labute approximate surface area is 163 Å². The average Bonchev–Trinajstić information content (AvgIpc) is 2.71. The minimum atomic E-state index is -0.738. The Morgan fingerprint density at radius 1 is 1.00 bits per heavy atom. The summed E-state index contributed by atoms with van der Waals surface area (Å²) in [5, 5.41) is 9.03. The highest BCUT2D eigenvalue weighted by Crippen LogP contribution is 2.29. The Hall–Kier alpha value is -3.85. The highest BCUT2D eigenvalue weighted by molar-refractivity contribution is 5.98. The number of hydrogen-bond donors (Lipinski definition) is 0. The first kappa shape index (κ1) is 20.5. The third-order valence-electron chi connectivity index (χ3n) is 3.72. The average molecular weight is 377 g/mol. The summed E-state index contributed by atoms with van der Waals surface area (Å²) in [5.41, 5.74) is 2.37. The van der Waals surface area contributed by atoms with Crippen LogP contribution in [0.1, 0.15) is 16.7 Å². The molecule has 0 bridgehead atoms. The topological polar surface area (TPSA) is 85.6 Å². The molecule has 6 nitrogen and oxygen atoms in total. The third kappa shape index (κ3) is 5.58. The zero-order valence-electron chi connectivity index (χ0n) is 15.8. The Kier molecular flexibility index (Phi) is 7.12. The van der Waals surface area contributed by atoms with E-state index in [2.05, 4.69) is 4.74 Å². The second-order valence-corrected chi connectivity index (χ2v) is 5.74. The van der Waals surface area contributed by atoms with Gasteiger partial charge >= 0.3 is 11.9 Å². The summed E-state index contributed by atoms with van der Waals surface area (Å²) >= 11 is 0. The Morgan fingerprint density at radius 2 is 1.68 bits per heavy atom. The molecular formula is C22H19NO5. The van der Waals surface area contributed by atoms with Gasteiger partial charge in [-0.1, -0.05) is 35.9 Å². The van der Waals surface area contributed by atoms with Crippen LogP contribution < -0.4 is 9.47 Å². The van der Waals surface area contributed by atoms with Crippen LogP contribution in [-0.4, -0.2) is 26.2 Å². The summed E-state index contributed by atoms with van der Waals surface area (Å²) in [6.45, 7) is 1.98. The molecule has 28 heavy (non-hydrogen) atoms. The maximum atomic E-state index is 12.1. The molecule has 0 saturated carbocycles. The molecule has 6 heteroatoms. The molecule has 2 aromatic carbocycles. The fraction of sp³-hybridized carbons (Fsp3) is 0.136. The number of nitriles is 1. The van der Waals surface area contributed by atoms with E-state index in [9.17, 15) is 9.59 Å². The number of esters is 2. The molecule has 0 spiro atoms. The predicted octanol–water partition coefficient (Wildman–Crippen LogP) is 3.70. The van der Waals surface area contributed by atoms with Crippen molar-refractivity contribution in [2.75, 3.05) is 14.2 Å². The molecule has 0 aliphatic heterocycles. The van der Waals surface area contributed by atoms with Gasteiger partial charge in [0, 0.05) is 6.08 Å². The number of benzene rings is 2. The lowest BCUT2D eigenvalue weighted by Crippen LogP contribution is -2.05. The summed E-state index contributed by atoms with van der Waals surface area (Å²) in [4.78, 5) is 23.6. The van der Waals surface area contributed by atoms with E-state index in [1.807, 2.05) is 31.2 Å². The molecule has 0 aliphatic rings. The molecule has 142 valence electrons. The van der Waals surface area contributed by atoms with Crippen LogP contribution in [0.5, 0.6) is 11.5 Å². The summed E-state index contributed by atoms with van der Waals surface area (Å²) in [6, 6.07) is 14.1. The molecule has 0 unspecified atom stereocenters. The molecule has 0 aromatic heterocycles. The first-order valence-electron chi connectivity index (χ1n) is 8.31. The largest absolute Gasteiger partial charge is 0.493 e. The molecule has 0 aliphatic carbocycles. The lowest BCUT2D eigenvalue weighted by molar-refractivity contribution is -0.135. The maximum absolute atomic E-state index is 12.1. The molecule has 0 heterocycles. The monoisotopic (exact) mass is 377 g/mol. The van der Waals surface area contributed by atoms with Gasteiger partial charge in [-0.25, -0.2) is 9.59 Å². The van der Waals surface area contributed by atoms with Gasteiger partial charge in [-0.05, 0) is 42.3 Å². The van der Waals surface area contributed by atoms with Crippen molar-refractivity contribution < 1.29 is 23.8 Å². The van der Waals surface area contributed by atoms with Gasteiger partial charge < -0.3 is 14.2 Å². The molecule has 2 rings (SSSR count). The van der Waals surface area contributed by atoms with E-state index in [0.717, 1.165) is 11.1 Å². The van der Waals surface area contributed by atoms with Crippen LogP contribution in [-0.2, 0) is 14.3 Å². The van der Waals surface area contributed by atoms with Gasteiger partial charge in [-0.15, -0.1) is 0 Å². The number of methoxy groups -OCH3 is 2. The number of carbonyl (C=O) groups is 2. The summed E-state index contributed by atoms with van der Waals surface area (Å²) in [6.07, 6.45) is 4.33. The summed E-state index contributed by atoms with van der Waals surface area (Å²) in [5.74, 6) is -0.796. The van der Waals surface area contributed by atoms with Crippen molar-refractivity contribution in [3.63, 3.8) is 0 Å². The number of nitrogens with zero attached hydrogens (tertiary/aromatic N) is 1. The first-order chi connectivity index (χ1) is 13.5. The van der Waals surface area contributed by atoms with E-state index < -0.39 is 11.9 Å². The third-order valence-corrected chi connectivity index (χ3v) is 3.72. The van der Waals surface area contributed by atoms with Gasteiger partial charge in [-0.3, -0.25) is 0 Å². The Balaban J connectivity index is 2.16. The first-order valence-corrected chi connectivity index (χ1v) is 8.31. The molecule has 2 aromatic rings. The summed E-state index contributed by atoms with van der Waals surface area (Å²) in [7, 11) is 2.62. The molecule has 0 amide bonds. The van der Waals surface area contributed by atoms with Crippen LogP contribution in [0.15, 0.2) is 54.1 Å². The Morgan fingerprint density at radius 3 is 2.29 bits per heavy atom. The van der Waals surface area contributed by atoms with Crippen LogP contribution in [0.4, 0.5) is 0 Å². The van der Waals surface area contributed by atoms with Gasteiger partial charge in [0.1, 0.15) is 11.6 Å². The van der Waals surface area contributed by atoms with Gasteiger partial charge in [0.2, 0.25) is 0 Å². The van der Waals surface area contributed by atoms with Crippen molar-refractivity contribution in [2.45, 2.75) is 6.92 Å².